The third kappa shape index (κ3) is 6.18. The van der Waals surface area contributed by atoms with E-state index in [1.54, 1.807) is 18.7 Å². The molecule has 2 aromatic rings. The molecule has 1 aliphatic rings. The number of anilines is 1. The van der Waals surface area contributed by atoms with Crippen molar-refractivity contribution in [2.75, 3.05) is 31.6 Å². The van der Waals surface area contributed by atoms with E-state index in [2.05, 4.69) is 22.1 Å². The summed E-state index contributed by atoms with van der Waals surface area (Å²) in [5.41, 5.74) is -1.29. The summed E-state index contributed by atoms with van der Waals surface area (Å²) < 4.78 is 46.9. The van der Waals surface area contributed by atoms with Gasteiger partial charge in [0.15, 0.2) is 0 Å². The first kappa shape index (κ1) is 25.8. The quantitative estimate of drug-likeness (QED) is 0.583. The highest BCUT2D eigenvalue weighted by Gasteiger charge is 2.36. The average molecular weight is 498 g/mol. The van der Waals surface area contributed by atoms with Crippen LogP contribution in [0.25, 0.3) is 10.2 Å². The van der Waals surface area contributed by atoms with Crippen molar-refractivity contribution in [3.8, 4) is 11.8 Å². The number of pyridine rings is 1. The Bertz CT molecular complexity index is 1130. The Labute approximate surface area is 199 Å². The fourth-order valence-electron chi connectivity index (χ4n) is 3.77. The molecule has 0 aliphatic carbocycles. The molecule has 0 saturated carbocycles. The Hall–Kier alpha value is -2.84. The predicted octanol–water partition coefficient (Wildman–Crippen LogP) is 4.16. The predicted molar refractivity (Wildman–Crippen MR) is 123 cm³/mol. The van der Waals surface area contributed by atoms with Crippen LogP contribution in [0.4, 0.5) is 19.0 Å². The van der Waals surface area contributed by atoms with Crippen LogP contribution in [0.1, 0.15) is 49.0 Å². The smallest absolute Gasteiger partial charge is 0.417 e. The Morgan fingerprint density at radius 2 is 2.00 bits per heavy atom. The van der Waals surface area contributed by atoms with Gasteiger partial charge in [0.25, 0.3) is 5.91 Å². The zero-order valence-corrected chi connectivity index (χ0v) is 19.9. The number of amides is 1. The summed E-state index contributed by atoms with van der Waals surface area (Å²) in [6.07, 6.45) is -3.60. The van der Waals surface area contributed by atoms with Gasteiger partial charge in [0.1, 0.15) is 12.4 Å². The van der Waals surface area contributed by atoms with Crippen LogP contribution in [-0.4, -0.2) is 54.8 Å². The van der Waals surface area contributed by atoms with Gasteiger partial charge < -0.3 is 20.1 Å². The van der Waals surface area contributed by atoms with E-state index >= 15 is 0 Å². The van der Waals surface area contributed by atoms with Gasteiger partial charge >= 0.3 is 12.1 Å². The molecule has 0 atom stereocenters. The lowest BCUT2D eigenvalue weighted by Crippen LogP contribution is -2.37. The van der Waals surface area contributed by atoms with Crippen molar-refractivity contribution < 1.29 is 32.6 Å². The van der Waals surface area contributed by atoms with Gasteiger partial charge in [-0.05, 0) is 32.8 Å². The second kappa shape index (κ2) is 10.2. The number of fused-ring (bicyclic) bond motifs is 1. The number of nitrogens with zero attached hydrogens (tertiary/aromatic N) is 2. The van der Waals surface area contributed by atoms with Gasteiger partial charge in [-0.25, -0.2) is 4.98 Å². The third-order valence-corrected chi connectivity index (χ3v) is 6.47. The highest BCUT2D eigenvalue weighted by atomic mass is 32.1. The van der Waals surface area contributed by atoms with Crippen LogP contribution in [0.15, 0.2) is 11.4 Å². The molecule has 34 heavy (non-hydrogen) atoms. The largest absolute Gasteiger partial charge is 0.481 e. The molecule has 1 aliphatic heterocycles. The first-order valence-electron chi connectivity index (χ1n) is 10.7. The lowest BCUT2D eigenvalue weighted by Gasteiger charge is -2.32. The number of carboxylic acids is 1. The minimum Gasteiger partial charge on any atom is -0.481 e. The van der Waals surface area contributed by atoms with Gasteiger partial charge in [0, 0.05) is 30.9 Å². The average Bonchev–Trinajstić information content (AvgIpc) is 3.18. The Morgan fingerprint density at radius 1 is 1.32 bits per heavy atom. The van der Waals surface area contributed by atoms with Gasteiger partial charge in [0.2, 0.25) is 0 Å². The standard InChI is InChI=1S/C23H26F3N3O4S/c1-22(2,12-18(30)31)7-4-10-33-14-5-8-29(9-6-14)17-11-16(23(24,25)26)20-19(28-17)15(13-34-20)21(32)27-3/h11,13-14H,5-6,8-10,12H2,1-3H3,(H,27,32)(H,30,31). The highest BCUT2D eigenvalue weighted by Crippen LogP contribution is 2.40. The molecule has 2 aromatic heterocycles. The van der Waals surface area contributed by atoms with Crippen LogP contribution < -0.4 is 10.2 Å². The fraction of sp³-hybridized carbons (Fsp3) is 0.522. The molecular weight excluding hydrogens is 471 g/mol. The van der Waals surface area contributed by atoms with Crippen LogP contribution in [0.2, 0.25) is 0 Å². The molecule has 0 radical (unpaired) electrons. The van der Waals surface area contributed by atoms with Crippen molar-refractivity contribution in [3.05, 3.63) is 22.6 Å². The first-order chi connectivity index (χ1) is 15.9. The summed E-state index contributed by atoms with van der Waals surface area (Å²) in [6, 6.07) is 1.05. The number of rotatable bonds is 6. The molecule has 0 spiro atoms. The number of alkyl halides is 3. The summed E-state index contributed by atoms with van der Waals surface area (Å²) in [7, 11) is 1.42. The van der Waals surface area contributed by atoms with Crippen LogP contribution >= 0.6 is 11.3 Å². The summed E-state index contributed by atoms with van der Waals surface area (Å²) in [6.45, 7) is 4.53. The molecule has 0 bridgehead atoms. The number of carbonyl (C=O) groups excluding carboxylic acids is 1. The van der Waals surface area contributed by atoms with E-state index in [9.17, 15) is 22.8 Å². The number of hydrogen-bond acceptors (Lipinski definition) is 6. The normalized spacial score (nSPS) is 15.2. The summed E-state index contributed by atoms with van der Waals surface area (Å²) >= 11 is 0.856. The molecule has 7 nitrogen and oxygen atoms in total. The third-order valence-electron chi connectivity index (χ3n) is 5.46. The topological polar surface area (TPSA) is 91.8 Å². The molecule has 1 amide bonds. The number of nitrogens with one attached hydrogen (secondary N) is 1. The number of ether oxygens (including phenoxy) is 1. The molecule has 0 aromatic carbocycles. The first-order valence-corrected chi connectivity index (χ1v) is 11.6. The lowest BCUT2D eigenvalue weighted by molar-refractivity contribution is -0.138. The van der Waals surface area contributed by atoms with Gasteiger partial charge in [-0.3, -0.25) is 9.59 Å². The lowest BCUT2D eigenvalue weighted by atomic mass is 9.90. The highest BCUT2D eigenvalue weighted by molar-refractivity contribution is 7.17. The Balaban J connectivity index is 1.70. The minimum atomic E-state index is -4.57. The monoisotopic (exact) mass is 497 g/mol. The number of halogens is 3. The number of carboxylic acid groups (broad SMARTS) is 1. The van der Waals surface area contributed by atoms with Gasteiger partial charge in [-0.15, -0.1) is 11.3 Å². The van der Waals surface area contributed by atoms with Crippen LogP contribution in [0.3, 0.4) is 0 Å². The number of piperidine rings is 1. The van der Waals surface area contributed by atoms with Crippen molar-refractivity contribution in [1.82, 2.24) is 10.3 Å². The SMILES string of the molecule is CNC(=O)c1csc2c(C(F)(F)F)cc(N3CCC(OCC#CC(C)(C)CC(=O)O)CC3)nc12. The maximum Gasteiger partial charge on any atom is 0.417 e. The molecule has 0 unspecified atom stereocenters. The second-order valence-electron chi connectivity index (χ2n) is 8.69. The van der Waals surface area contributed by atoms with Gasteiger partial charge in [-0.2, -0.15) is 13.2 Å². The van der Waals surface area contributed by atoms with Gasteiger partial charge in [-0.1, -0.05) is 11.8 Å². The van der Waals surface area contributed by atoms with E-state index in [0.29, 0.717) is 25.9 Å². The zero-order valence-electron chi connectivity index (χ0n) is 19.1. The molecule has 1 saturated heterocycles. The Kier molecular flexibility index (Phi) is 7.73. The van der Waals surface area contributed by atoms with E-state index in [-0.39, 0.29) is 40.7 Å². The summed E-state index contributed by atoms with van der Waals surface area (Å²) in [4.78, 5) is 29.2. The van der Waals surface area contributed by atoms with E-state index in [1.807, 2.05) is 0 Å². The van der Waals surface area contributed by atoms with Crippen LogP contribution in [0, 0.1) is 17.3 Å². The van der Waals surface area contributed by atoms with Crippen molar-refractivity contribution >= 4 is 39.2 Å². The molecule has 2 N–H and O–H groups in total. The fourth-order valence-corrected chi connectivity index (χ4v) is 4.80. The maximum absolute atomic E-state index is 13.7. The van der Waals surface area contributed by atoms with E-state index in [4.69, 9.17) is 9.84 Å². The van der Waals surface area contributed by atoms with Crippen molar-refractivity contribution in [1.29, 1.82) is 0 Å². The number of carbonyl (C=O) groups is 2. The second-order valence-corrected chi connectivity index (χ2v) is 9.57. The van der Waals surface area contributed by atoms with E-state index in [0.717, 1.165) is 17.4 Å². The molecule has 184 valence electrons. The number of hydrogen-bond donors (Lipinski definition) is 2. The Morgan fingerprint density at radius 3 is 2.59 bits per heavy atom. The van der Waals surface area contributed by atoms with Crippen molar-refractivity contribution in [2.24, 2.45) is 5.41 Å². The minimum absolute atomic E-state index is 0.0480. The van der Waals surface area contributed by atoms with E-state index < -0.39 is 29.0 Å². The molecule has 1 fully saturated rings. The van der Waals surface area contributed by atoms with Crippen LogP contribution in [0.5, 0.6) is 0 Å². The van der Waals surface area contributed by atoms with Gasteiger partial charge in [0.05, 0.1) is 33.9 Å². The summed E-state index contributed by atoms with van der Waals surface area (Å²) in [5, 5.41) is 12.7. The number of aromatic nitrogens is 1. The maximum atomic E-state index is 13.7. The molecule has 3 rings (SSSR count). The number of thiophene rings is 1. The summed E-state index contributed by atoms with van der Waals surface area (Å²) in [5.74, 6) is 4.54. The van der Waals surface area contributed by atoms with Crippen LogP contribution in [-0.2, 0) is 15.7 Å². The molecule has 11 heteroatoms. The molecule has 3 heterocycles. The zero-order chi connectivity index (χ0) is 25.1. The van der Waals surface area contributed by atoms with Crippen molar-refractivity contribution in [2.45, 2.75) is 45.4 Å². The van der Waals surface area contributed by atoms with Crippen molar-refractivity contribution in [3.63, 3.8) is 0 Å². The molecular formula is C23H26F3N3O4S. The number of aliphatic carboxylic acids is 1. The van der Waals surface area contributed by atoms with E-state index in [1.165, 1.54) is 12.4 Å².